The second kappa shape index (κ2) is 9.96. The van der Waals surface area contributed by atoms with Crippen LogP contribution in [-0.4, -0.2) is 44.8 Å². The van der Waals surface area contributed by atoms with Crippen molar-refractivity contribution >= 4 is 25.3 Å². The number of carbonyl (C=O) groups is 1. The fourth-order valence-corrected chi connectivity index (χ4v) is 3.87. The lowest BCUT2D eigenvalue weighted by molar-refractivity contribution is 0.0951. The highest BCUT2D eigenvalue weighted by molar-refractivity contribution is 7.46. The van der Waals surface area contributed by atoms with Crippen molar-refractivity contribution in [2.75, 3.05) is 19.3 Å². The van der Waals surface area contributed by atoms with Gasteiger partial charge in [-0.2, -0.15) is 0 Å². The van der Waals surface area contributed by atoms with Crippen LogP contribution in [0, 0.1) is 5.82 Å². The molecule has 10 heteroatoms. The lowest BCUT2D eigenvalue weighted by atomic mass is 10.1. The fourth-order valence-electron chi connectivity index (χ4n) is 3.14. The van der Waals surface area contributed by atoms with Crippen molar-refractivity contribution < 1.29 is 23.7 Å². The van der Waals surface area contributed by atoms with Gasteiger partial charge in [0.1, 0.15) is 16.9 Å². The molecule has 0 bridgehead atoms. The Morgan fingerprint density at radius 3 is 2.68 bits per heavy atom. The zero-order chi connectivity index (χ0) is 22.5. The van der Waals surface area contributed by atoms with Gasteiger partial charge in [0, 0.05) is 26.0 Å². The van der Waals surface area contributed by atoms with Crippen LogP contribution < -0.4 is 10.9 Å². The third-order valence-corrected chi connectivity index (χ3v) is 5.84. The minimum absolute atomic E-state index is 0.0890. The van der Waals surface area contributed by atoms with Crippen molar-refractivity contribution in [3.63, 3.8) is 0 Å². The average molecular weight is 447 g/mol. The molecule has 1 atom stereocenters. The number of nitrogens with one attached hydrogen (secondary N) is 1. The van der Waals surface area contributed by atoms with Crippen LogP contribution in [-0.2, 0) is 18.0 Å². The van der Waals surface area contributed by atoms with Gasteiger partial charge in [0.15, 0.2) is 14.1 Å². The van der Waals surface area contributed by atoms with E-state index in [-0.39, 0.29) is 24.0 Å². The predicted molar refractivity (Wildman–Crippen MR) is 116 cm³/mol. The Morgan fingerprint density at radius 1 is 1.29 bits per heavy atom. The molecular weight excluding hydrogens is 424 g/mol. The van der Waals surface area contributed by atoms with Gasteiger partial charge in [-0.3, -0.25) is 14.6 Å². The van der Waals surface area contributed by atoms with Gasteiger partial charge in [0.05, 0.1) is 12.1 Å². The lowest BCUT2D eigenvalue weighted by Crippen LogP contribution is -2.34. The Labute approximate surface area is 179 Å². The van der Waals surface area contributed by atoms with E-state index in [0.29, 0.717) is 18.5 Å². The highest BCUT2D eigenvalue weighted by atomic mass is 31.2. The van der Waals surface area contributed by atoms with E-state index >= 15 is 0 Å². The van der Waals surface area contributed by atoms with E-state index < -0.39 is 31.2 Å². The van der Waals surface area contributed by atoms with Gasteiger partial charge in [-0.1, -0.05) is 12.1 Å². The molecule has 0 radical (unpaired) electrons. The molecule has 0 aliphatic heterocycles. The van der Waals surface area contributed by atoms with Gasteiger partial charge in [0.2, 0.25) is 0 Å². The maximum atomic E-state index is 13.1. The highest BCUT2D eigenvalue weighted by Gasteiger charge is 2.22. The molecule has 0 aliphatic carbocycles. The molecule has 3 aromatic rings. The molecule has 0 fully saturated rings. The molecule has 31 heavy (non-hydrogen) atoms. The number of aromatic nitrogens is 2. The minimum Gasteiger partial charge on any atom is -0.505 e. The van der Waals surface area contributed by atoms with Crippen molar-refractivity contribution in [1.82, 2.24) is 14.9 Å². The molecule has 1 amide bonds. The van der Waals surface area contributed by atoms with Gasteiger partial charge >= 0.3 is 0 Å². The van der Waals surface area contributed by atoms with Crippen LogP contribution >= 0.6 is 8.38 Å². The Balaban J connectivity index is 1.87. The van der Waals surface area contributed by atoms with Crippen LogP contribution in [0.1, 0.15) is 28.4 Å². The average Bonchev–Trinajstić information content (AvgIpc) is 2.74. The molecule has 2 aromatic heterocycles. The molecule has 1 unspecified atom stereocenters. The fraction of sp³-hybridized carbons (Fsp3) is 0.286. The topological polar surface area (TPSA) is 114 Å². The summed E-state index contributed by atoms with van der Waals surface area (Å²) in [6.45, 7) is 2.20. The first-order chi connectivity index (χ1) is 14.8. The van der Waals surface area contributed by atoms with Crippen molar-refractivity contribution in [1.29, 1.82) is 0 Å². The summed E-state index contributed by atoms with van der Waals surface area (Å²) in [5, 5.41) is 13.1. The van der Waals surface area contributed by atoms with Crippen molar-refractivity contribution in [3.8, 4) is 5.75 Å². The van der Waals surface area contributed by atoms with Crippen molar-refractivity contribution in [2.45, 2.75) is 13.3 Å². The van der Waals surface area contributed by atoms with E-state index in [2.05, 4.69) is 10.3 Å². The summed E-state index contributed by atoms with van der Waals surface area (Å²) in [4.78, 5) is 39.1. The van der Waals surface area contributed by atoms with Crippen LogP contribution in [0.3, 0.4) is 0 Å². The Morgan fingerprint density at radius 2 is 2.00 bits per heavy atom. The quantitative estimate of drug-likeness (QED) is 0.457. The lowest BCUT2D eigenvalue weighted by Gasteiger charge is -2.13. The second-order valence-electron chi connectivity index (χ2n) is 6.85. The van der Waals surface area contributed by atoms with E-state index in [1.807, 2.05) is 0 Å². The first-order valence-corrected chi connectivity index (χ1v) is 11.0. The van der Waals surface area contributed by atoms with E-state index in [1.54, 1.807) is 31.3 Å². The van der Waals surface area contributed by atoms with E-state index in [4.69, 9.17) is 4.52 Å². The molecule has 2 heterocycles. The molecule has 8 nitrogen and oxygen atoms in total. The monoisotopic (exact) mass is 447 g/mol. The van der Waals surface area contributed by atoms with Crippen LogP contribution in [0.15, 0.2) is 41.3 Å². The number of aryl methyl sites for hydroxylation is 1. The number of nitrogens with zero attached hydrogens (tertiary/aromatic N) is 2. The third kappa shape index (κ3) is 5.25. The smallest absolute Gasteiger partial charge is 0.267 e. The van der Waals surface area contributed by atoms with Gasteiger partial charge in [-0.25, -0.2) is 4.39 Å². The number of hydrogen-bond donors (Lipinski definition) is 3. The number of amides is 1. The number of carbonyl (C=O) groups excluding carboxylic acids is 1. The molecule has 0 aliphatic rings. The summed E-state index contributed by atoms with van der Waals surface area (Å²) < 4.78 is 19.4. The van der Waals surface area contributed by atoms with Gasteiger partial charge in [-0.05, 0) is 42.7 Å². The van der Waals surface area contributed by atoms with Crippen molar-refractivity contribution in [2.24, 2.45) is 7.05 Å². The first-order valence-electron chi connectivity index (χ1n) is 9.64. The zero-order valence-corrected chi connectivity index (χ0v) is 18.0. The number of halogens is 1. The number of benzene rings is 1. The van der Waals surface area contributed by atoms with E-state index in [9.17, 15) is 24.0 Å². The number of aromatic hydroxyl groups is 1. The summed E-state index contributed by atoms with van der Waals surface area (Å²) in [5.74, 6) is -1.58. The van der Waals surface area contributed by atoms with Crippen molar-refractivity contribution in [3.05, 3.63) is 69.4 Å². The summed E-state index contributed by atoms with van der Waals surface area (Å²) in [6, 6.07) is 7.76. The Hall–Kier alpha value is -2.87. The second-order valence-corrected chi connectivity index (χ2v) is 8.26. The maximum absolute atomic E-state index is 13.1. The number of hydrogen-bond acceptors (Lipinski definition) is 6. The van der Waals surface area contributed by atoms with Gasteiger partial charge < -0.3 is 24.4 Å². The summed E-state index contributed by atoms with van der Waals surface area (Å²) in [5.41, 5.74) is 1.04. The van der Waals surface area contributed by atoms with Crippen LogP contribution in [0.5, 0.6) is 5.75 Å². The SMILES string of the molecule is CCOP(O)CCNC(=O)c1c(O)c2ncc(Cc3ccc(F)cc3)cc2n(C)c1=O. The Bertz CT molecular complexity index is 1150. The number of rotatable bonds is 8. The molecule has 0 saturated heterocycles. The molecular formula is C21H23FN3O5P. The standard InChI is InChI=1S/C21H23FN3O5P/c1-3-30-31(29)9-8-23-20(27)17-19(26)18-16(25(2)21(17)28)11-14(12-24-18)10-13-4-6-15(22)7-5-13/h4-7,11-12,26,29H,3,8-10H2,1-2H3,(H,23,27). The minimum atomic E-state index is -1.65. The summed E-state index contributed by atoms with van der Waals surface area (Å²) >= 11 is 0. The van der Waals surface area contributed by atoms with Gasteiger partial charge in [0.25, 0.3) is 11.5 Å². The summed E-state index contributed by atoms with van der Waals surface area (Å²) in [6.07, 6.45) is 2.21. The molecule has 1 aromatic carbocycles. The first kappa shape index (κ1) is 22.8. The molecule has 3 N–H and O–H groups in total. The molecule has 3 rings (SSSR count). The highest BCUT2D eigenvalue weighted by Crippen LogP contribution is 2.30. The normalized spacial score (nSPS) is 12.1. The molecule has 0 spiro atoms. The van der Waals surface area contributed by atoms with Gasteiger partial charge in [-0.15, -0.1) is 0 Å². The predicted octanol–water partition coefficient (Wildman–Crippen LogP) is 2.44. The zero-order valence-electron chi connectivity index (χ0n) is 17.1. The van der Waals surface area contributed by atoms with Crippen LogP contribution in [0.25, 0.3) is 11.0 Å². The molecule has 0 saturated carbocycles. The Kier molecular flexibility index (Phi) is 7.33. The summed E-state index contributed by atoms with van der Waals surface area (Å²) in [7, 11) is -0.158. The van der Waals surface area contributed by atoms with E-state index in [1.165, 1.54) is 23.7 Å². The maximum Gasteiger partial charge on any atom is 0.267 e. The van der Waals surface area contributed by atoms with Crippen LogP contribution in [0.4, 0.5) is 4.39 Å². The number of fused-ring (bicyclic) bond motifs is 1. The largest absolute Gasteiger partial charge is 0.505 e. The third-order valence-electron chi connectivity index (χ3n) is 4.68. The van der Waals surface area contributed by atoms with Crippen LogP contribution in [0.2, 0.25) is 0 Å². The number of pyridine rings is 2. The van der Waals surface area contributed by atoms with E-state index in [0.717, 1.165) is 11.1 Å². The molecule has 164 valence electrons.